The number of hydrogen-bond acceptors (Lipinski definition) is 6. The van der Waals surface area contributed by atoms with Gasteiger partial charge in [0.25, 0.3) is 0 Å². The predicted molar refractivity (Wildman–Crippen MR) is 90.6 cm³/mol. The number of aromatic nitrogens is 4. The molecule has 0 amide bonds. The van der Waals surface area contributed by atoms with Crippen LogP contribution >= 0.6 is 0 Å². The van der Waals surface area contributed by atoms with Crippen molar-refractivity contribution in [1.82, 2.24) is 20.2 Å². The summed E-state index contributed by atoms with van der Waals surface area (Å²) in [5, 5.41) is 14.5. The summed E-state index contributed by atoms with van der Waals surface area (Å²) in [6, 6.07) is 11.9. The predicted octanol–water partition coefficient (Wildman–Crippen LogP) is 3.24. The maximum absolute atomic E-state index is 4.44. The first kappa shape index (κ1) is 14.9. The highest BCUT2D eigenvalue weighted by Crippen LogP contribution is 2.22. The van der Waals surface area contributed by atoms with Crippen molar-refractivity contribution in [2.24, 2.45) is 0 Å². The van der Waals surface area contributed by atoms with Crippen LogP contribution in [0.3, 0.4) is 0 Å². The molecule has 116 valence electrons. The first-order valence-electron chi connectivity index (χ1n) is 7.39. The van der Waals surface area contributed by atoms with Gasteiger partial charge < -0.3 is 10.6 Å². The smallest absolute Gasteiger partial charge is 0.249 e. The Hall–Kier alpha value is -3.02. The normalized spacial score (nSPS) is 10.3. The second-order valence-corrected chi connectivity index (χ2v) is 5.23. The van der Waals surface area contributed by atoms with Gasteiger partial charge in [0.2, 0.25) is 5.95 Å². The van der Waals surface area contributed by atoms with E-state index in [0.29, 0.717) is 18.3 Å². The minimum absolute atomic E-state index is 0.466. The summed E-state index contributed by atoms with van der Waals surface area (Å²) in [4.78, 5) is 8.71. The van der Waals surface area contributed by atoms with Crippen LogP contribution in [0.1, 0.15) is 16.8 Å². The van der Waals surface area contributed by atoms with Crippen LogP contribution in [0.25, 0.3) is 0 Å². The second-order valence-electron chi connectivity index (χ2n) is 5.23. The van der Waals surface area contributed by atoms with E-state index in [9.17, 15) is 0 Å². The van der Waals surface area contributed by atoms with Gasteiger partial charge in [-0.1, -0.05) is 24.3 Å². The van der Waals surface area contributed by atoms with Gasteiger partial charge in [-0.15, -0.1) is 5.10 Å². The summed E-state index contributed by atoms with van der Waals surface area (Å²) in [6.07, 6.45) is 3.36. The summed E-state index contributed by atoms with van der Waals surface area (Å²) in [5.74, 6) is 1.12. The van der Waals surface area contributed by atoms with Gasteiger partial charge in [-0.25, -0.2) is 0 Å². The van der Waals surface area contributed by atoms with Crippen LogP contribution < -0.4 is 10.6 Å². The molecule has 0 aliphatic heterocycles. The number of hydrogen-bond donors (Lipinski definition) is 2. The molecule has 1 aromatic carbocycles. The number of pyridine rings is 1. The van der Waals surface area contributed by atoms with Crippen LogP contribution in [0.2, 0.25) is 0 Å². The lowest BCUT2D eigenvalue weighted by molar-refractivity contribution is 0.954. The first-order valence-corrected chi connectivity index (χ1v) is 7.39. The maximum atomic E-state index is 4.44. The molecular weight excluding hydrogens is 288 g/mol. The molecular formula is C17H18N6. The van der Waals surface area contributed by atoms with Crippen molar-refractivity contribution in [1.29, 1.82) is 0 Å². The highest BCUT2D eigenvalue weighted by molar-refractivity contribution is 5.63. The number of benzene rings is 1. The van der Waals surface area contributed by atoms with E-state index >= 15 is 0 Å². The Morgan fingerprint density at radius 1 is 1.00 bits per heavy atom. The lowest BCUT2D eigenvalue weighted by atomic mass is 10.1. The molecule has 0 bridgehead atoms. The average Bonchev–Trinajstić information content (AvgIpc) is 2.58. The van der Waals surface area contributed by atoms with Gasteiger partial charge >= 0.3 is 0 Å². The van der Waals surface area contributed by atoms with Gasteiger partial charge in [-0.05, 0) is 37.1 Å². The van der Waals surface area contributed by atoms with Crippen LogP contribution in [-0.4, -0.2) is 20.2 Å². The van der Waals surface area contributed by atoms with Crippen LogP contribution in [0, 0.1) is 13.8 Å². The maximum Gasteiger partial charge on any atom is 0.249 e. The van der Waals surface area contributed by atoms with Gasteiger partial charge in [0.1, 0.15) is 0 Å². The number of anilines is 3. The molecule has 0 aliphatic carbocycles. The molecule has 23 heavy (non-hydrogen) atoms. The Morgan fingerprint density at radius 3 is 2.57 bits per heavy atom. The van der Waals surface area contributed by atoms with Crippen molar-refractivity contribution >= 4 is 17.5 Å². The van der Waals surface area contributed by atoms with E-state index in [1.807, 2.05) is 50.2 Å². The van der Waals surface area contributed by atoms with E-state index < -0.39 is 0 Å². The third-order valence-corrected chi connectivity index (χ3v) is 3.45. The van der Waals surface area contributed by atoms with Crippen molar-refractivity contribution in [2.75, 3.05) is 10.6 Å². The summed E-state index contributed by atoms with van der Waals surface area (Å²) in [5.41, 5.74) is 4.23. The SMILES string of the molecule is Cc1cccc(C)c1Nc1nncc(NCc2ccccn2)n1. The van der Waals surface area contributed by atoms with Gasteiger partial charge in [-0.3, -0.25) is 4.98 Å². The highest BCUT2D eigenvalue weighted by Gasteiger charge is 2.06. The number of nitrogens with one attached hydrogen (secondary N) is 2. The van der Waals surface area contributed by atoms with E-state index in [1.165, 1.54) is 0 Å². The van der Waals surface area contributed by atoms with E-state index in [4.69, 9.17) is 0 Å². The Balaban J connectivity index is 1.72. The van der Waals surface area contributed by atoms with Crippen molar-refractivity contribution in [3.63, 3.8) is 0 Å². The van der Waals surface area contributed by atoms with Crippen molar-refractivity contribution in [2.45, 2.75) is 20.4 Å². The minimum atomic E-state index is 0.466. The monoisotopic (exact) mass is 306 g/mol. The van der Waals surface area contributed by atoms with E-state index in [0.717, 1.165) is 22.5 Å². The Labute approximate surface area is 135 Å². The molecule has 0 radical (unpaired) electrons. The highest BCUT2D eigenvalue weighted by atomic mass is 15.3. The van der Waals surface area contributed by atoms with Gasteiger partial charge in [0, 0.05) is 11.9 Å². The fourth-order valence-electron chi connectivity index (χ4n) is 2.25. The van der Waals surface area contributed by atoms with Crippen molar-refractivity contribution in [3.8, 4) is 0 Å². The fraction of sp³-hybridized carbons (Fsp3) is 0.176. The topological polar surface area (TPSA) is 75.6 Å². The zero-order valence-corrected chi connectivity index (χ0v) is 13.1. The largest absolute Gasteiger partial charge is 0.363 e. The zero-order chi connectivity index (χ0) is 16.1. The molecule has 0 aliphatic rings. The molecule has 0 fully saturated rings. The Bertz CT molecular complexity index is 768. The molecule has 0 saturated carbocycles. The van der Waals surface area contributed by atoms with E-state index in [2.05, 4.69) is 30.8 Å². The minimum Gasteiger partial charge on any atom is -0.363 e. The number of rotatable bonds is 5. The molecule has 2 heterocycles. The molecule has 2 aromatic heterocycles. The lowest BCUT2D eigenvalue weighted by Gasteiger charge is -2.11. The van der Waals surface area contributed by atoms with Gasteiger partial charge in [0.15, 0.2) is 5.82 Å². The number of nitrogens with zero attached hydrogens (tertiary/aromatic N) is 4. The average molecular weight is 306 g/mol. The summed E-state index contributed by atoms with van der Waals surface area (Å²) < 4.78 is 0. The summed E-state index contributed by atoms with van der Waals surface area (Å²) in [7, 11) is 0. The van der Waals surface area contributed by atoms with Gasteiger partial charge in [0.05, 0.1) is 18.4 Å². The molecule has 6 nitrogen and oxygen atoms in total. The Kier molecular flexibility index (Phi) is 4.42. The molecule has 2 N–H and O–H groups in total. The van der Waals surface area contributed by atoms with E-state index in [-0.39, 0.29) is 0 Å². The summed E-state index contributed by atoms with van der Waals surface area (Å²) in [6.45, 7) is 4.68. The zero-order valence-electron chi connectivity index (χ0n) is 13.1. The number of para-hydroxylation sites is 1. The molecule has 3 rings (SSSR count). The fourth-order valence-corrected chi connectivity index (χ4v) is 2.25. The Morgan fingerprint density at radius 2 is 1.83 bits per heavy atom. The first-order chi connectivity index (χ1) is 11.2. The van der Waals surface area contributed by atoms with Crippen LogP contribution in [-0.2, 0) is 6.54 Å². The molecule has 0 atom stereocenters. The van der Waals surface area contributed by atoms with Crippen molar-refractivity contribution < 1.29 is 0 Å². The lowest BCUT2D eigenvalue weighted by Crippen LogP contribution is -2.07. The van der Waals surface area contributed by atoms with Crippen LogP contribution in [0.15, 0.2) is 48.8 Å². The number of aryl methyl sites for hydroxylation is 2. The van der Waals surface area contributed by atoms with Gasteiger partial charge in [-0.2, -0.15) is 10.1 Å². The molecule has 0 unspecified atom stereocenters. The van der Waals surface area contributed by atoms with Crippen LogP contribution in [0.4, 0.5) is 17.5 Å². The molecule has 3 aromatic rings. The molecule has 6 heteroatoms. The van der Waals surface area contributed by atoms with Crippen LogP contribution in [0.5, 0.6) is 0 Å². The third kappa shape index (κ3) is 3.79. The standard InChI is InChI=1S/C17H18N6/c1-12-6-5-7-13(2)16(12)22-17-21-15(11-20-23-17)19-10-14-8-3-4-9-18-14/h3-9,11H,10H2,1-2H3,(H2,19,21,22,23). The van der Waals surface area contributed by atoms with Crippen molar-refractivity contribution in [3.05, 3.63) is 65.6 Å². The molecule has 0 spiro atoms. The quantitative estimate of drug-likeness (QED) is 0.753. The van der Waals surface area contributed by atoms with E-state index in [1.54, 1.807) is 12.4 Å². The second kappa shape index (κ2) is 6.83. The molecule has 0 saturated heterocycles. The summed E-state index contributed by atoms with van der Waals surface area (Å²) >= 11 is 0. The third-order valence-electron chi connectivity index (χ3n) is 3.45.